The molecule has 0 spiro atoms. The van der Waals surface area contributed by atoms with Crippen LogP contribution < -0.4 is 20.4 Å². The molecule has 1 aromatic heterocycles. The average molecular weight is 642 g/mol. The third-order valence-electron chi connectivity index (χ3n) is 9.35. The smallest absolute Gasteiger partial charge is 0.323 e. The van der Waals surface area contributed by atoms with Gasteiger partial charge in [-0.3, -0.25) is 9.69 Å². The number of nitrogens with zero attached hydrogens (tertiary/aromatic N) is 7. The van der Waals surface area contributed by atoms with E-state index in [0.29, 0.717) is 53.9 Å². The molecule has 4 fully saturated rings. The quantitative estimate of drug-likeness (QED) is 0.395. The highest BCUT2D eigenvalue weighted by Gasteiger charge is 2.35. The van der Waals surface area contributed by atoms with Crippen molar-refractivity contribution in [1.82, 2.24) is 24.8 Å². The summed E-state index contributed by atoms with van der Waals surface area (Å²) in [7, 11) is 0. The maximum atomic E-state index is 13.0. The summed E-state index contributed by atoms with van der Waals surface area (Å²) < 4.78 is 11.6. The molecule has 0 radical (unpaired) electrons. The molecule has 2 atom stereocenters. The SMILES string of the molecule is CC(C)N1CCN(C(=O)c2ccc(NC(=O)Nc3ccc(-c4nc(N5CCOCC5)nc(N5C[C@H]6CC[C@@H](C5)O6)n4)cc3)cc2)CC1. The largest absolute Gasteiger partial charge is 0.378 e. The maximum Gasteiger partial charge on any atom is 0.323 e. The first-order valence-electron chi connectivity index (χ1n) is 16.7. The van der Waals surface area contributed by atoms with Crippen LogP contribution in [0.4, 0.5) is 28.1 Å². The van der Waals surface area contributed by atoms with Crippen molar-refractivity contribution in [3.63, 3.8) is 0 Å². The first-order valence-corrected chi connectivity index (χ1v) is 16.7. The minimum absolute atomic E-state index is 0.0175. The Bertz CT molecular complexity index is 1540. The molecule has 0 saturated carbocycles. The second-order valence-electron chi connectivity index (χ2n) is 12.9. The predicted octanol–water partition coefficient (Wildman–Crippen LogP) is 3.55. The molecule has 2 aromatic carbocycles. The minimum atomic E-state index is -0.374. The summed E-state index contributed by atoms with van der Waals surface area (Å²) in [5, 5.41) is 5.74. The van der Waals surface area contributed by atoms with Crippen LogP contribution in [0.1, 0.15) is 37.0 Å². The van der Waals surface area contributed by atoms with Crippen molar-refractivity contribution in [2.24, 2.45) is 0 Å². The van der Waals surface area contributed by atoms with Crippen molar-refractivity contribution in [3.05, 3.63) is 54.1 Å². The number of urea groups is 1. The van der Waals surface area contributed by atoms with Gasteiger partial charge in [-0.25, -0.2) is 4.79 Å². The number of fused-ring (bicyclic) bond motifs is 2. The average Bonchev–Trinajstić information content (AvgIpc) is 3.45. The number of hydrogen-bond acceptors (Lipinski definition) is 10. The number of nitrogens with one attached hydrogen (secondary N) is 2. The third kappa shape index (κ3) is 7.32. The summed E-state index contributed by atoms with van der Waals surface area (Å²) in [6.07, 6.45) is 2.57. The summed E-state index contributed by atoms with van der Waals surface area (Å²) in [6, 6.07) is 14.6. The van der Waals surface area contributed by atoms with Crippen LogP contribution in [0.25, 0.3) is 11.4 Å². The van der Waals surface area contributed by atoms with E-state index in [9.17, 15) is 9.59 Å². The highest BCUT2D eigenvalue weighted by molar-refractivity contribution is 6.00. The molecule has 4 aliphatic rings. The van der Waals surface area contributed by atoms with Gasteiger partial charge in [0.25, 0.3) is 5.91 Å². The number of carbonyl (C=O) groups excluding carboxylic acids is 2. The van der Waals surface area contributed by atoms with Crippen molar-refractivity contribution < 1.29 is 19.1 Å². The lowest BCUT2D eigenvalue weighted by Gasteiger charge is -2.37. The molecule has 3 aromatic rings. The minimum Gasteiger partial charge on any atom is -0.378 e. The molecular formula is C34H43N9O4. The molecule has 0 unspecified atom stereocenters. The standard InChI is InChI=1S/C34H43N9O4/c1-23(2)40-13-15-41(16-14-40)31(44)25-5-9-27(10-6-25)36-34(45)35-26-7-3-24(4-8-26)30-37-32(42-17-19-46-20-18-42)39-33(38-30)43-21-28-11-12-29(22-43)47-28/h3-10,23,28-29H,11-22H2,1-2H3,(H2,35,36,45)/t28-,29+. The Morgan fingerprint density at radius 3 is 1.91 bits per heavy atom. The molecule has 7 rings (SSSR count). The molecule has 0 aliphatic carbocycles. The van der Waals surface area contributed by atoms with Gasteiger partial charge in [-0.1, -0.05) is 0 Å². The first kappa shape index (κ1) is 31.3. The number of piperazine rings is 1. The topological polar surface area (TPSA) is 128 Å². The van der Waals surface area contributed by atoms with E-state index in [1.807, 2.05) is 29.2 Å². The van der Waals surface area contributed by atoms with Crippen molar-refractivity contribution in [2.75, 3.05) is 86.0 Å². The lowest BCUT2D eigenvalue weighted by Crippen LogP contribution is -2.50. The normalized spacial score (nSPS) is 21.6. The van der Waals surface area contributed by atoms with E-state index in [1.54, 1.807) is 24.3 Å². The lowest BCUT2D eigenvalue weighted by molar-refractivity contribution is 0.0299. The molecule has 4 aliphatic heterocycles. The fourth-order valence-electron chi connectivity index (χ4n) is 6.62. The fraction of sp³-hybridized carbons (Fsp3) is 0.500. The molecule has 47 heavy (non-hydrogen) atoms. The number of rotatable bonds is 7. The second kappa shape index (κ2) is 13.8. The number of morpholine rings is 2. The summed E-state index contributed by atoms with van der Waals surface area (Å²) in [5.74, 6) is 1.92. The Morgan fingerprint density at radius 2 is 1.32 bits per heavy atom. The molecule has 248 valence electrons. The van der Waals surface area contributed by atoms with Crippen LogP contribution in [0.5, 0.6) is 0 Å². The van der Waals surface area contributed by atoms with E-state index < -0.39 is 0 Å². The molecule has 13 heteroatoms. The van der Waals surface area contributed by atoms with Crippen molar-refractivity contribution >= 4 is 35.2 Å². The summed E-state index contributed by atoms with van der Waals surface area (Å²) >= 11 is 0. The molecule has 2 N–H and O–H groups in total. The van der Waals surface area contributed by atoms with Gasteiger partial charge in [0, 0.05) is 80.9 Å². The Kier molecular flexibility index (Phi) is 9.18. The zero-order valence-corrected chi connectivity index (χ0v) is 27.1. The monoisotopic (exact) mass is 641 g/mol. The van der Waals surface area contributed by atoms with E-state index in [0.717, 1.165) is 70.8 Å². The molecule has 3 amide bonds. The van der Waals surface area contributed by atoms with Crippen LogP contribution >= 0.6 is 0 Å². The van der Waals surface area contributed by atoms with Gasteiger partial charge in [-0.15, -0.1) is 0 Å². The van der Waals surface area contributed by atoms with Gasteiger partial charge in [0.05, 0.1) is 25.4 Å². The van der Waals surface area contributed by atoms with E-state index in [4.69, 9.17) is 24.4 Å². The number of hydrogen-bond donors (Lipinski definition) is 2. The van der Waals surface area contributed by atoms with E-state index in [2.05, 4.69) is 39.2 Å². The summed E-state index contributed by atoms with van der Waals surface area (Å²) in [4.78, 5) is 49.0. The zero-order chi connectivity index (χ0) is 32.3. The molecular weight excluding hydrogens is 598 g/mol. The maximum absolute atomic E-state index is 13.0. The highest BCUT2D eigenvalue weighted by Crippen LogP contribution is 2.30. The van der Waals surface area contributed by atoms with Gasteiger partial charge in [0.2, 0.25) is 11.9 Å². The number of anilines is 4. The van der Waals surface area contributed by atoms with Gasteiger partial charge in [0.15, 0.2) is 5.82 Å². The predicted molar refractivity (Wildman–Crippen MR) is 180 cm³/mol. The molecule has 2 bridgehead atoms. The molecule has 4 saturated heterocycles. The number of amides is 3. The lowest BCUT2D eigenvalue weighted by atomic mass is 10.1. The van der Waals surface area contributed by atoms with E-state index >= 15 is 0 Å². The summed E-state index contributed by atoms with van der Waals surface area (Å²) in [5.41, 5.74) is 2.68. The van der Waals surface area contributed by atoms with Crippen LogP contribution in [-0.4, -0.2) is 121 Å². The number of ether oxygens (including phenoxy) is 2. The van der Waals surface area contributed by atoms with Crippen LogP contribution in [0, 0.1) is 0 Å². The zero-order valence-electron chi connectivity index (χ0n) is 27.1. The highest BCUT2D eigenvalue weighted by atomic mass is 16.5. The van der Waals surface area contributed by atoms with Gasteiger partial charge in [0.1, 0.15) is 0 Å². The Morgan fingerprint density at radius 1 is 0.745 bits per heavy atom. The van der Waals surface area contributed by atoms with Crippen LogP contribution in [0.3, 0.4) is 0 Å². The van der Waals surface area contributed by atoms with Gasteiger partial charge >= 0.3 is 6.03 Å². The Hall–Kier alpha value is -4.33. The van der Waals surface area contributed by atoms with E-state index in [1.165, 1.54) is 0 Å². The van der Waals surface area contributed by atoms with Crippen molar-refractivity contribution in [1.29, 1.82) is 0 Å². The van der Waals surface area contributed by atoms with Crippen LogP contribution in [0.15, 0.2) is 48.5 Å². The number of benzene rings is 2. The molecule has 5 heterocycles. The number of carbonyl (C=O) groups is 2. The van der Waals surface area contributed by atoms with Crippen molar-refractivity contribution in [2.45, 2.75) is 44.9 Å². The Balaban J connectivity index is 0.988. The van der Waals surface area contributed by atoms with E-state index in [-0.39, 0.29) is 24.1 Å². The fourth-order valence-corrected chi connectivity index (χ4v) is 6.62. The molecule has 13 nitrogen and oxygen atoms in total. The third-order valence-corrected chi connectivity index (χ3v) is 9.35. The van der Waals surface area contributed by atoms with Crippen LogP contribution in [-0.2, 0) is 9.47 Å². The summed E-state index contributed by atoms with van der Waals surface area (Å²) in [6.45, 7) is 11.8. The van der Waals surface area contributed by atoms with Gasteiger partial charge < -0.3 is 34.8 Å². The van der Waals surface area contributed by atoms with Gasteiger partial charge in [-0.2, -0.15) is 15.0 Å². The van der Waals surface area contributed by atoms with Crippen LogP contribution in [0.2, 0.25) is 0 Å². The van der Waals surface area contributed by atoms with Crippen molar-refractivity contribution in [3.8, 4) is 11.4 Å². The first-order chi connectivity index (χ1) is 22.9. The van der Waals surface area contributed by atoms with Gasteiger partial charge in [-0.05, 0) is 75.2 Å². The Labute approximate surface area is 275 Å². The number of aromatic nitrogens is 3. The second-order valence-corrected chi connectivity index (χ2v) is 12.9.